The van der Waals surface area contributed by atoms with Gasteiger partial charge in [0.25, 0.3) is 5.91 Å². The Kier molecular flexibility index (Phi) is 4.89. The second kappa shape index (κ2) is 7.08. The molecule has 0 saturated heterocycles. The molecule has 126 valence electrons. The molecular weight excluding hydrogens is 298 g/mol. The number of carbonyl (C=O) groups excluding carboxylic acids is 1. The largest absolute Gasteiger partial charge is 0.487 e. The van der Waals surface area contributed by atoms with Crippen LogP contribution in [0.25, 0.3) is 10.8 Å². The van der Waals surface area contributed by atoms with Gasteiger partial charge in [0.1, 0.15) is 11.4 Å². The number of hydrogen-bond acceptors (Lipinski definition) is 2. The zero-order chi connectivity index (χ0) is 17.0. The lowest BCUT2D eigenvalue weighted by molar-refractivity contribution is 0.0476. The fourth-order valence-electron chi connectivity index (χ4n) is 3.49. The summed E-state index contributed by atoms with van der Waals surface area (Å²) in [5.41, 5.74) is 0.440. The third kappa shape index (κ3) is 3.45. The standard InChI is InChI=1S/C21H25NO2/c1-3-15-22-20(23)19-17-10-6-5-9-16(17)11-12-18(19)24-21(2)13-7-4-8-14-21/h3,5-6,9-12H,1,4,7-8,13-15H2,2H3,(H,22,23). The Balaban J connectivity index is 2.02. The quantitative estimate of drug-likeness (QED) is 0.798. The molecule has 0 radical (unpaired) electrons. The molecule has 0 spiro atoms. The Morgan fingerprint density at radius 3 is 2.71 bits per heavy atom. The molecule has 0 heterocycles. The molecule has 0 unspecified atom stereocenters. The van der Waals surface area contributed by atoms with Gasteiger partial charge in [-0.1, -0.05) is 42.8 Å². The molecule has 24 heavy (non-hydrogen) atoms. The first-order valence-corrected chi connectivity index (χ1v) is 8.73. The van der Waals surface area contributed by atoms with Crippen LogP contribution >= 0.6 is 0 Å². The van der Waals surface area contributed by atoms with Crippen LogP contribution in [0, 0.1) is 0 Å². The second-order valence-electron chi connectivity index (χ2n) is 6.77. The van der Waals surface area contributed by atoms with Crippen molar-refractivity contribution in [2.24, 2.45) is 0 Å². The van der Waals surface area contributed by atoms with Crippen LogP contribution in [-0.2, 0) is 0 Å². The van der Waals surface area contributed by atoms with E-state index in [2.05, 4.69) is 18.8 Å². The van der Waals surface area contributed by atoms with Gasteiger partial charge >= 0.3 is 0 Å². The third-order valence-corrected chi connectivity index (χ3v) is 4.79. The van der Waals surface area contributed by atoms with E-state index in [1.165, 1.54) is 19.3 Å². The van der Waals surface area contributed by atoms with Gasteiger partial charge in [-0.05, 0) is 49.4 Å². The Hall–Kier alpha value is -2.29. The maximum atomic E-state index is 12.7. The SMILES string of the molecule is C=CCNC(=O)c1c(OC2(C)CCCCC2)ccc2ccccc12. The van der Waals surface area contributed by atoms with Gasteiger partial charge in [0.15, 0.2) is 0 Å². The van der Waals surface area contributed by atoms with Crippen LogP contribution < -0.4 is 10.1 Å². The summed E-state index contributed by atoms with van der Waals surface area (Å²) in [6, 6.07) is 11.9. The molecule has 0 aliphatic heterocycles. The van der Waals surface area contributed by atoms with Crippen LogP contribution in [0.1, 0.15) is 49.4 Å². The molecule has 2 aromatic carbocycles. The number of fused-ring (bicyclic) bond motifs is 1. The summed E-state index contributed by atoms with van der Waals surface area (Å²) in [7, 11) is 0. The zero-order valence-electron chi connectivity index (χ0n) is 14.3. The minimum atomic E-state index is -0.186. The lowest BCUT2D eigenvalue weighted by Gasteiger charge is -2.35. The van der Waals surface area contributed by atoms with Crippen molar-refractivity contribution in [2.75, 3.05) is 6.54 Å². The van der Waals surface area contributed by atoms with Gasteiger partial charge in [0.05, 0.1) is 5.56 Å². The lowest BCUT2D eigenvalue weighted by Crippen LogP contribution is -2.35. The highest BCUT2D eigenvalue weighted by Gasteiger charge is 2.30. The van der Waals surface area contributed by atoms with Crippen LogP contribution in [0.4, 0.5) is 0 Å². The van der Waals surface area contributed by atoms with Gasteiger partial charge < -0.3 is 10.1 Å². The van der Waals surface area contributed by atoms with E-state index in [-0.39, 0.29) is 11.5 Å². The molecule has 0 bridgehead atoms. The summed E-state index contributed by atoms with van der Waals surface area (Å²) in [6.45, 7) is 6.27. The second-order valence-corrected chi connectivity index (χ2v) is 6.77. The number of rotatable bonds is 5. The molecule has 1 amide bonds. The van der Waals surface area contributed by atoms with E-state index < -0.39 is 0 Å². The molecule has 0 atom stereocenters. The molecular formula is C21H25NO2. The highest BCUT2D eigenvalue weighted by atomic mass is 16.5. The van der Waals surface area contributed by atoms with Crippen LogP contribution in [-0.4, -0.2) is 18.1 Å². The van der Waals surface area contributed by atoms with Crippen molar-refractivity contribution in [3.05, 3.63) is 54.6 Å². The molecule has 0 aromatic heterocycles. The average molecular weight is 323 g/mol. The zero-order valence-corrected chi connectivity index (χ0v) is 14.3. The summed E-state index contributed by atoms with van der Waals surface area (Å²) < 4.78 is 6.40. The summed E-state index contributed by atoms with van der Waals surface area (Å²) >= 11 is 0. The van der Waals surface area contributed by atoms with Crippen molar-refractivity contribution in [2.45, 2.75) is 44.6 Å². The van der Waals surface area contributed by atoms with Crippen molar-refractivity contribution in [1.29, 1.82) is 0 Å². The van der Waals surface area contributed by atoms with Crippen molar-refractivity contribution in [3.8, 4) is 5.75 Å². The highest BCUT2D eigenvalue weighted by molar-refractivity contribution is 6.09. The minimum absolute atomic E-state index is 0.110. The summed E-state index contributed by atoms with van der Waals surface area (Å²) in [5, 5.41) is 4.86. The molecule has 1 N–H and O–H groups in total. The number of carbonyl (C=O) groups is 1. The van der Waals surface area contributed by atoms with Crippen molar-refractivity contribution in [3.63, 3.8) is 0 Å². The van der Waals surface area contributed by atoms with Crippen LogP contribution in [0.3, 0.4) is 0 Å². The predicted octanol–water partition coefficient (Wildman–Crippen LogP) is 4.86. The van der Waals surface area contributed by atoms with E-state index in [1.807, 2.05) is 36.4 Å². The number of amides is 1. The van der Waals surface area contributed by atoms with Crippen LogP contribution in [0.2, 0.25) is 0 Å². The minimum Gasteiger partial charge on any atom is -0.487 e. The van der Waals surface area contributed by atoms with Gasteiger partial charge in [0.2, 0.25) is 0 Å². The maximum Gasteiger partial charge on any atom is 0.255 e. The molecule has 3 rings (SSSR count). The first-order chi connectivity index (χ1) is 11.6. The third-order valence-electron chi connectivity index (χ3n) is 4.79. The Labute approximate surface area is 143 Å². The first kappa shape index (κ1) is 16.6. The Bertz CT molecular complexity index is 745. The van der Waals surface area contributed by atoms with Crippen molar-refractivity contribution in [1.82, 2.24) is 5.32 Å². The average Bonchev–Trinajstić information content (AvgIpc) is 2.59. The normalized spacial score (nSPS) is 16.5. The van der Waals surface area contributed by atoms with E-state index in [1.54, 1.807) is 6.08 Å². The highest BCUT2D eigenvalue weighted by Crippen LogP contribution is 2.36. The molecule has 3 nitrogen and oxygen atoms in total. The Morgan fingerprint density at radius 1 is 1.21 bits per heavy atom. The number of benzene rings is 2. The topological polar surface area (TPSA) is 38.3 Å². The summed E-state index contributed by atoms with van der Waals surface area (Å²) in [5.74, 6) is 0.570. The fourth-order valence-corrected chi connectivity index (χ4v) is 3.49. The number of ether oxygens (including phenoxy) is 1. The molecule has 2 aromatic rings. The van der Waals surface area contributed by atoms with E-state index in [4.69, 9.17) is 4.74 Å². The van der Waals surface area contributed by atoms with Gasteiger partial charge in [0, 0.05) is 6.54 Å². The van der Waals surface area contributed by atoms with E-state index in [0.29, 0.717) is 17.9 Å². The summed E-state index contributed by atoms with van der Waals surface area (Å²) in [4.78, 5) is 12.7. The molecule has 1 aliphatic carbocycles. The van der Waals surface area contributed by atoms with Gasteiger partial charge in [-0.15, -0.1) is 6.58 Å². The van der Waals surface area contributed by atoms with E-state index in [0.717, 1.165) is 23.6 Å². The van der Waals surface area contributed by atoms with Crippen molar-refractivity contribution >= 4 is 16.7 Å². The van der Waals surface area contributed by atoms with E-state index >= 15 is 0 Å². The van der Waals surface area contributed by atoms with Crippen molar-refractivity contribution < 1.29 is 9.53 Å². The Morgan fingerprint density at radius 2 is 1.96 bits per heavy atom. The van der Waals surface area contributed by atoms with Gasteiger partial charge in [-0.2, -0.15) is 0 Å². The van der Waals surface area contributed by atoms with E-state index in [9.17, 15) is 4.79 Å². The molecule has 3 heteroatoms. The molecule has 1 saturated carbocycles. The molecule has 1 fully saturated rings. The van der Waals surface area contributed by atoms with Crippen LogP contribution in [0.5, 0.6) is 5.75 Å². The first-order valence-electron chi connectivity index (χ1n) is 8.73. The number of nitrogens with one attached hydrogen (secondary N) is 1. The smallest absolute Gasteiger partial charge is 0.255 e. The monoisotopic (exact) mass is 323 g/mol. The lowest BCUT2D eigenvalue weighted by atomic mass is 9.86. The van der Waals surface area contributed by atoms with Crippen LogP contribution in [0.15, 0.2) is 49.1 Å². The predicted molar refractivity (Wildman–Crippen MR) is 98.6 cm³/mol. The van der Waals surface area contributed by atoms with Gasteiger partial charge in [-0.3, -0.25) is 4.79 Å². The molecule has 1 aliphatic rings. The summed E-state index contributed by atoms with van der Waals surface area (Å²) in [6.07, 6.45) is 7.39. The maximum absolute atomic E-state index is 12.7. The fraction of sp³-hybridized carbons (Fsp3) is 0.381. The van der Waals surface area contributed by atoms with Gasteiger partial charge in [-0.25, -0.2) is 0 Å². The number of hydrogen-bond donors (Lipinski definition) is 1.